The van der Waals surface area contributed by atoms with E-state index in [2.05, 4.69) is 4.98 Å². The summed E-state index contributed by atoms with van der Waals surface area (Å²) in [6, 6.07) is 1.93. The minimum Gasteiger partial charge on any atom is -0.438 e. The van der Waals surface area contributed by atoms with Gasteiger partial charge in [0, 0.05) is 38.6 Å². The fraction of sp³-hybridized carbons (Fsp3) is 0.579. The highest BCUT2D eigenvalue weighted by Gasteiger charge is 2.31. The van der Waals surface area contributed by atoms with Gasteiger partial charge in [-0.15, -0.1) is 0 Å². The second-order valence-electron chi connectivity index (χ2n) is 7.27. The molecule has 2 aliphatic rings. The molecular formula is C19H25N5O3. The Hall–Kier alpha value is -2.64. The van der Waals surface area contributed by atoms with Gasteiger partial charge in [0.15, 0.2) is 6.39 Å². The number of carbonyl (C=O) groups excluding carboxylic acids is 2. The van der Waals surface area contributed by atoms with Crippen molar-refractivity contribution in [3.63, 3.8) is 0 Å². The monoisotopic (exact) mass is 371 g/mol. The minimum absolute atomic E-state index is 0.0507. The molecule has 0 N–H and O–H groups in total. The topological polar surface area (TPSA) is 84.5 Å². The summed E-state index contributed by atoms with van der Waals surface area (Å²) in [5.41, 5.74) is 2.18. The van der Waals surface area contributed by atoms with E-state index in [0.717, 1.165) is 38.0 Å². The number of aromatic nitrogens is 3. The molecule has 27 heavy (non-hydrogen) atoms. The molecule has 4 heterocycles. The Morgan fingerprint density at radius 3 is 2.89 bits per heavy atom. The predicted octanol–water partition coefficient (Wildman–Crippen LogP) is 2.07. The first kappa shape index (κ1) is 17.8. The van der Waals surface area contributed by atoms with Gasteiger partial charge in [0.05, 0.1) is 11.4 Å². The first-order valence-corrected chi connectivity index (χ1v) is 9.65. The van der Waals surface area contributed by atoms with Crippen LogP contribution in [-0.2, 0) is 6.54 Å². The van der Waals surface area contributed by atoms with Crippen LogP contribution < -0.4 is 0 Å². The molecule has 144 valence electrons. The van der Waals surface area contributed by atoms with Crippen LogP contribution in [0.3, 0.4) is 0 Å². The fourth-order valence-corrected chi connectivity index (χ4v) is 4.01. The van der Waals surface area contributed by atoms with E-state index in [-0.39, 0.29) is 17.7 Å². The molecule has 2 aliphatic heterocycles. The number of hydrogen-bond acceptors (Lipinski definition) is 5. The number of amides is 2. The summed E-state index contributed by atoms with van der Waals surface area (Å²) in [5.74, 6) is 0.372. The Labute approximate surface area is 158 Å². The third kappa shape index (κ3) is 3.24. The predicted molar refractivity (Wildman–Crippen MR) is 97.5 cm³/mol. The zero-order chi connectivity index (χ0) is 19.0. The molecule has 0 bridgehead atoms. The summed E-state index contributed by atoms with van der Waals surface area (Å²) in [6.07, 6.45) is 4.08. The lowest BCUT2D eigenvalue weighted by molar-refractivity contribution is 0.0671. The van der Waals surface area contributed by atoms with E-state index in [1.165, 1.54) is 6.39 Å². The van der Waals surface area contributed by atoms with E-state index in [1.807, 2.05) is 27.5 Å². The average Bonchev–Trinajstić information content (AvgIpc) is 3.27. The number of carbonyl (C=O) groups is 2. The zero-order valence-electron chi connectivity index (χ0n) is 15.8. The zero-order valence-corrected chi connectivity index (χ0v) is 15.8. The Balaban J connectivity index is 1.54. The van der Waals surface area contributed by atoms with Crippen LogP contribution in [0.5, 0.6) is 0 Å². The first-order chi connectivity index (χ1) is 13.1. The van der Waals surface area contributed by atoms with E-state index in [0.29, 0.717) is 36.8 Å². The van der Waals surface area contributed by atoms with Gasteiger partial charge in [-0.1, -0.05) is 0 Å². The number of rotatable bonds is 3. The molecule has 8 nitrogen and oxygen atoms in total. The van der Waals surface area contributed by atoms with Crippen molar-refractivity contribution in [3.05, 3.63) is 35.3 Å². The number of likely N-dealkylation sites (tertiary alicyclic amines) is 1. The average molecular weight is 371 g/mol. The fourth-order valence-electron chi connectivity index (χ4n) is 4.01. The largest absolute Gasteiger partial charge is 0.438 e. The number of nitrogens with zero attached hydrogens (tertiary/aromatic N) is 5. The lowest BCUT2D eigenvalue weighted by Crippen LogP contribution is -2.39. The SMILES string of the molecule is CCN1CCCn2nc(C3CCCN(C(=O)c4ocnc4C)C3)cc2C1=O. The Bertz CT molecular complexity index is 855. The van der Waals surface area contributed by atoms with Crippen LogP contribution in [0.1, 0.15) is 64.5 Å². The van der Waals surface area contributed by atoms with Crippen LogP contribution in [0.15, 0.2) is 16.9 Å². The maximum atomic E-state index is 12.7. The molecule has 0 aliphatic carbocycles. The third-order valence-corrected chi connectivity index (χ3v) is 5.55. The molecule has 1 atom stereocenters. The van der Waals surface area contributed by atoms with Crippen molar-refractivity contribution in [2.45, 2.75) is 45.6 Å². The lowest BCUT2D eigenvalue weighted by Gasteiger charge is -2.31. The summed E-state index contributed by atoms with van der Waals surface area (Å²) in [7, 11) is 0. The Kier molecular flexibility index (Phi) is 4.72. The van der Waals surface area contributed by atoms with E-state index >= 15 is 0 Å². The minimum atomic E-state index is -0.122. The van der Waals surface area contributed by atoms with Gasteiger partial charge in [-0.25, -0.2) is 4.98 Å². The molecule has 0 radical (unpaired) electrons. The van der Waals surface area contributed by atoms with Crippen molar-refractivity contribution in [2.75, 3.05) is 26.2 Å². The first-order valence-electron chi connectivity index (χ1n) is 9.65. The van der Waals surface area contributed by atoms with E-state index in [9.17, 15) is 9.59 Å². The summed E-state index contributed by atoms with van der Waals surface area (Å²) in [6.45, 7) is 7.30. The molecule has 1 unspecified atom stereocenters. The summed E-state index contributed by atoms with van der Waals surface area (Å²) in [5, 5.41) is 4.72. The highest BCUT2D eigenvalue weighted by molar-refractivity contribution is 5.93. The molecule has 2 aromatic heterocycles. The third-order valence-electron chi connectivity index (χ3n) is 5.55. The normalized spacial score (nSPS) is 20.5. The molecule has 0 spiro atoms. The Morgan fingerprint density at radius 1 is 1.30 bits per heavy atom. The molecule has 4 rings (SSSR count). The van der Waals surface area contributed by atoms with Gasteiger partial charge in [-0.05, 0) is 39.2 Å². The maximum absolute atomic E-state index is 12.7. The number of aryl methyl sites for hydroxylation is 2. The van der Waals surface area contributed by atoms with Crippen molar-refractivity contribution in [1.29, 1.82) is 0 Å². The van der Waals surface area contributed by atoms with Crippen molar-refractivity contribution in [3.8, 4) is 0 Å². The smallest absolute Gasteiger partial charge is 0.291 e. The number of fused-ring (bicyclic) bond motifs is 1. The second-order valence-corrected chi connectivity index (χ2v) is 7.27. The van der Waals surface area contributed by atoms with Gasteiger partial charge in [-0.3, -0.25) is 14.3 Å². The van der Waals surface area contributed by atoms with Gasteiger partial charge < -0.3 is 14.2 Å². The van der Waals surface area contributed by atoms with Crippen molar-refractivity contribution in [1.82, 2.24) is 24.6 Å². The van der Waals surface area contributed by atoms with Gasteiger partial charge >= 0.3 is 0 Å². The van der Waals surface area contributed by atoms with Crippen LogP contribution in [0.25, 0.3) is 0 Å². The molecule has 2 aromatic rings. The summed E-state index contributed by atoms with van der Waals surface area (Å²) < 4.78 is 7.11. The lowest BCUT2D eigenvalue weighted by atomic mass is 9.94. The van der Waals surface area contributed by atoms with Crippen LogP contribution in [0, 0.1) is 6.92 Å². The maximum Gasteiger partial charge on any atom is 0.291 e. The van der Waals surface area contributed by atoms with Gasteiger partial charge in [0.2, 0.25) is 5.76 Å². The molecule has 2 amide bonds. The van der Waals surface area contributed by atoms with E-state index in [1.54, 1.807) is 6.92 Å². The number of hydrogen-bond donors (Lipinski definition) is 0. The molecular weight excluding hydrogens is 346 g/mol. The van der Waals surface area contributed by atoms with Crippen molar-refractivity contribution >= 4 is 11.8 Å². The Morgan fingerprint density at radius 2 is 2.15 bits per heavy atom. The van der Waals surface area contributed by atoms with Crippen molar-refractivity contribution < 1.29 is 14.0 Å². The van der Waals surface area contributed by atoms with Gasteiger partial charge in [-0.2, -0.15) is 5.10 Å². The van der Waals surface area contributed by atoms with Gasteiger partial charge in [0.1, 0.15) is 5.69 Å². The van der Waals surface area contributed by atoms with E-state index in [4.69, 9.17) is 9.52 Å². The van der Waals surface area contributed by atoms with E-state index < -0.39 is 0 Å². The molecule has 0 saturated carbocycles. The van der Waals surface area contributed by atoms with Crippen LogP contribution in [-0.4, -0.2) is 62.6 Å². The van der Waals surface area contributed by atoms with Crippen LogP contribution >= 0.6 is 0 Å². The summed E-state index contributed by atoms with van der Waals surface area (Å²) in [4.78, 5) is 33.1. The second kappa shape index (κ2) is 7.17. The quantitative estimate of drug-likeness (QED) is 0.825. The highest BCUT2D eigenvalue weighted by atomic mass is 16.3. The highest BCUT2D eigenvalue weighted by Crippen LogP contribution is 2.29. The van der Waals surface area contributed by atoms with Gasteiger partial charge in [0.25, 0.3) is 11.8 Å². The van der Waals surface area contributed by atoms with Crippen molar-refractivity contribution in [2.24, 2.45) is 0 Å². The molecule has 8 heteroatoms. The molecule has 1 fully saturated rings. The number of piperidine rings is 1. The standard InChI is InChI=1S/C19H25N5O3/c1-3-22-8-5-9-24-16(18(22)25)10-15(21-24)14-6-4-7-23(11-14)19(26)17-13(2)20-12-27-17/h10,12,14H,3-9,11H2,1-2H3. The van der Waals surface area contributed by atoms with Crippen LogP contribution in [0.2, 0.25) is 0 Å². The van der Waals surface area contributed by atoms with Crippen LogP contribution in [0.4, 0.5) is 0 Å². The molecule has 1 saturated heterocycles. The number of oxazole rings is 1. The summed E-state index contributed by atoms with van der Waals surface area (Å²) >= 11 is 0. The molecule has 0 aromatic carbocycles.